The van der Waals surface area contributed by atoms with Crippen molar-refractivity contribution in [2.24, 2.45) is 5.73 Å². The maximum absolute atomic E-state index is 5.03. The van der Waals surface area contributed by atoms with Crippen molar-refractivity contribution in [3.05, 3.63) is 0 Å². The van der Waals surface area contributed by atoms with Crippen LogP contribution in [0.4, 0.5) is 0 Å². The van der Waals surface area contributed by atoms with Crippen molar-refractivity contribution < 1.29 is 0 Å². The van der Waals surface area contributed by atoms with Gasteiger partial charge in [0.15, 0.2) is 0 Å². The molecule has 3 heteroatoms. The third-order valence-electron chi connectivity index (χ3n) is 0. The fourth-order valence-electron chi connectivity index (χ4n) is 0. The molecule has 0 radical (unpaired) electrons. The van der Waals surface area contributed by atoms with Gasteiger partial charge in [0.2, 0.25) is 0 Å². The van der Waals surface area contributed by atoms with E-state index in [0.29, 0.717) is 0 Å². The Kier molecular flexibility index (Phi) is 8.72. The molecular formula is C2H7BrClN. The average molecular weight is 160 g/mol. The molecule has 5 heavy (non-hydrogen) atoms. The fraction of sp³-hybridized carbons (Fsp3) is 1.00. The van der Waals surface area contributed by atoms with Crippen LogP contribution in [0, 0.1) is 0 Å². The molecule has 0 aliphatic rings. The van der Waals surface area contributed by atoms with Crippen LogP contribution in [0.3, 0.4) is 0 Å². The molecule has 0 aliphatic carbocycles. The van der Waals surface area contributed by atoms with Crippen LogP contribution in [0.2, 0.25) is 0 Å². The van der Waals surface area contributed by atoms with Gasteiger partial charge in [-0.1, -0.05) is 15.9 Å². The first kappa shape index (κ1) is 9.21. The molecule has 0 aromatic heterocycles. The van der Waals surface area contributed by atoms with E-state index in [4.69, 9.17) is 5.73 Å². The maximum atomic E-state index is 5.03. The van der Waals surface area contributed by atoms with E-state index < -0.39 is 0 Å². The molecule has 0 heterocycles. The van der Waals surface area contributed by atoms with E-state index in [1.165, 1.54) is 0 Å². The van der Waals surface area contributed by atoms with Crippen LogP contribution in [0.5, 0.6) is 0 Å². The van der Waals surface area contributed by atoms with Gasteiger partial charge in [-0.05, 0) is 6.92 Å². The molecule has 0 fully saturated rings. The summed E-state index contributed by atoms with van der Waals surface area (Å²) in [6.07, 6.45) is 0. The number of halogens is 2. The van der Waals surface area contributed by atoms with Gasteiger partial charge in [0, 0.05) is 0 Å². The van der Waals surface area contributed by atoms with Crippen molar-refractivity contribution in [2.75, 3.05) is 0 Å². The average Bonchev–Trinajstić information content (AvgIpc) is 0.811. The van der Waals surface area contributed by atoms with Crippen LogP contribution in [-0.2, 0) is 0 Å². The van der Waals surface area contributed by atoms with E-state index in [1.807, 2.05) is 6.92 Å². The van der Waals surface area contributed by atoms with E-state index in [0.717, 1.165) is 0 Å². The molecule has 0 saturated heterocycles. The molecule has 0 amide bonds. The van der Waals surface area contributed by atoms with Crippen LogP contribution in [0.1, 0.15) is 6.92 Å². The van der Waals surface area contributed by atoms with Gasteiger partial charge < -0.3 is 5.73 Å². The van der Waals surface area contributed by atoms with Crippen molar-refractivity contribution in [3.8, 4) is 0 Å². The van der Waals surface area contributed by atoms with Gasteiger partial charge in [-0.25, -0.2) is 0 Å². The molecule has 34 valence electrons. The van der Waals surface area contributed by atoms with Crippen LogP contribution >= 0.6 is 28.3 Å². The number of rotatable bonds is 0. The molecule has 0 spiro atoms. The lowest BCUT2D eigenvalue weighted by atomic mass is 10.8. The van der Waals surface area contributed by atoms with Gasteiger partial charge in [-0.3, -0.25) is 0 Å². The van der Waals surface area contributed by atoms with Crippen LogP contribution in [-0.4, -0.2) is 4.95 Å². The first-order valence-electron chi connectivity index (χ1n) is 1.13. The predicted molar refractivity (Wildman–Crippen MR) is 29.8 cm³/mol. The molecule has 0 aliphatic heterocycles. The maximum Gasteiger partial charge on any atom is 0.0577 e. The second kappa shape index (κ2) is 4.73. The van der Waals surface area contributed by atoms with Crippen LogP contribution in [0.25, 0.3) is 0 Å². The highest BCUT2D eigenvalue weighted by atomic mass is 79.9. The third kappa shape index (κ3) is 66.2. The molecule has 0 bridgehead atoms. The quantitative estimate of drug-likeness (QED) is 0.417. The van der Waals surface area contributed by atoms with Gasteiger partial charge in [0.1, 0.15) is 0 Å². The minimum absolute atomic E-state index is 0. The highest BCUT2D eigenvalue weighted by Gasteiger charge is 1.70. The second-order valence-electron chi connectivity index (χ2n) is 0.678. The summed E-state index contributed by atoms with van der Waals surface area (Å²) in [6.45, 7) is 1.86. The van der Waals surface area contributed by atoms with Gasteiger partial charge in [0.25, 0.3) is 0 Å². The highest BCUT2D eigenvalue weighted by molar-refractivity contribution is 9.09. The van der Waals surface area contributed by atoms with Crippen molar-refractivity contribution in [2.45, 2.75) is 11.9 Å². The summed E-state index contributed by atoms with van der Waals surface area (Å²) < 4.78 is 0. The molecular weight excluding hydrogens is 153 g/mol. The summed E-state index contributed by atoms with van der Waals surface area (Å²) in [4.78, 5) is 0.146. The summed E-state index contributed by atoms with van der Waals surface area (Å²) in [5, 5.41) is 0. The van der Waals surface area contributed by atoms with Gasteiger partial charge in [-0.2, -0.15) is 0 Å². The Labute approximate surface area is 46.5 Å². The molecule has 1 nitrogen and oxygen atoms in total. The molecule has 0 aromatic rings. The number of nitrogens with two attached hydrogens (primary N) is 1. The van der Waals surface area contributed by atoms with Crippen LogP contribution < -0.4 is 5.73 Å². The minimum atomic E-state index is 0. The Morgan fingerprint density at radius 3 is 1.80 bits per heavy atom. The second-order valence-corrected chi connectivity index (χ2v) is 2.12. The molecule has 2 N–H and O–H groups in total. The number of hydrogen-bond donors (Lipinski definition) is 1. The van der Waals surface area contributed by atoms with E-state index >= 15 is 0 Å². The zero-order chi connectivity index (χ0) is 3.58. The molecule has 0 rings (SSSR count). The Morgan fingerprint density at radius 2 is 1.80 bits per heavy atom. The smallest absolute Gasteiger partial charge is 0.0577 e. The highest BCUT2D eigenvalue weighted by Crippen LogP contribution is 1.80. The monoisotopic (exact) mass is 159 g/mol. The third-order valence-corrected chi connectivity index (χ3v) is 0. The van der Waals surface area contributed by atoms with Crippen LogP contribution in [0.15, 0.2) is 0 Å². The molecule has 1 unspecified atom stereocenters. The van der Waals surface area contributed by atoms with Gasteiger partial charge >= 0.3 is 0 Å². The SMILES string of the molecule is CC(N)Br.Cl. The Hall–Kier alpha value is 0.730. The lowest BCUT2D eigenvalue weighted by Gasteiger charge is -1.78. The van der Waals surface area contributed by atoms with E-state index in [9.17, 15) is 0 Å². The largest absolute Gasteiger partial charge is 0.319 e. The van der Waals surface area contributed by atoms with E-state index in [2.05, 4.69) is 15.9 Å². The summed E-state index contributed by atoms with van der Waals surface area (Å²) in [6, 6.07) is 0. The lowest BCUT2D eigenvalue weighted by molar-refractivity contribution is 1.07. The molecule has 1 atom stereocenters. The zero-order valence-electron chi connectivity index (χ0n) is 2.94. The topological polar surface area (TPSA) is 26.0 Å². The summed E-state index contributed by atoms with van der Waals surface area (Å²) in [7, 11) is 0. The van der Waals surface area contributed by atoms with Gasteiger partial charge in [0.05, 0.1) is 4.95 Å². The number of alkyl halides is 1. The minimum Gasteiger partial charge on any atom is -0.319 e. The zero-order valence-corrected chi connectivity index (χ0v) is 5.34. The van der Waals surface area contributed by atoms with Crippen molar-refractivity contribution in [1.82, 2.24) is 0 Å². The lowest BCUT2D eigenvalue weighted by Crippen LogP contribution is -2.02. The van der Waals surface area contributed by atoms with Gasteiger partial charge in [-0.15, -0.1) is 12.4 Å². The Morgan fingerprint density at radius 1 is 1.80 bits per heavy atom. The molecule has 0 saturated carbocycles. The summed E-state index contributed by atoms with van der Waals surface area (Å²) in [5.41, 5.74) is 5.03. The predicted octanol–water partition coefficient (Wildman–Crippen LogP) is 1.11. The van der Waals surface area contributed by atoms with E-state index in [-0.39, 0.29) is 17.4 Å². The first-order valence-corrected chi connectivity index (χ1v) is 2.04. The fourth-order valence-corrected chi connectivity index (χ4v) is 0. The molecule has 0 aromatic carbocycles. The normalized spacial score (nSPS) is 12.6. The van der Waals surface area contributed by atoms with E-state index in [1.54, 1.807) is 0 Å². The Balaban J connectivity index is 0. The van der Waals surface area contributed by atoms with Crippen molar-refractivity contribution in [3.63, 3.8) is 0 Å². The summed E-state index contributed by atoms with van der Waals surface area (Å²) >= 11 is 3.05. The first-order chi connectivity index (χ1) is 1.73. The Bertz CT molecular complexity index is 14.4. The number of hydrogen-bond acceptors (Lipinski definition) is 1. The standard InChI is InChI=1S/C2H6BrN.ClH/c1-2(3)4;/h2H,4H2,1H3;1H. The van der Waals surface area contributed by atoms with Crippen molar-refractivity contribution >= 4 is 28.3 Å². The van der Waals surface area contributed by atoms with Crippen molar-refractivity contribution in [1.29, 1.82) is 0 Å². The summed E-state index contributed by atoms with van der Waals surface area (Å²) in [5.74, 6) is 0.